The normalized spacial score (nSPS) is 13.4. The largest absolute Gasteiger partial charge is 0.399 e. The van der Waals surface area contributed by atoms with Crippen LogP contribution >= 0.6 is 0 Å². The molecule has 2 N–H and O–H groups in total. The summed E-state index contributed by atoms with van der Waals surface area (Å²) in [7, 11) is 1.73. The van der Waals surface area contributed by atoms with E-state index in [9.17, 15) is 0 Å². The number of nitrogen functional groups attached to an aromatic ring is 1. The molecule has 92 valence electrons. The van der Waals surface area contributed by atoms with Crippen LogP contribution in [0.1, 0.15) is 19.9 Å². The summed E-state index contributed by atoms with van der Waals surface area (Å²) in [5.74, 6) is 0.491. The Kier molecular flexibility index (Phi) is 3.33. The first-order chi connectivity index (χ1) is 8.13. The second-order valence-corrected chi connectivity index (χ2v) is 4.67. The van der Waals surface area contributed by atoms with Crippen LogP contribution in [0.25, 0.3) is 11.0 Å². The lowest BCUT2D eigenvalue weighted by Gasteiger charge is -2.22. The maximum atomic E-state index is 5.75. The van der Waals surface area contributed by atoms with Crippen molar-refractivity contribution in [1.29, 1.82) is 0 Å². The molecule has 0 aliphatic rings. The Morgan fingerprint density at radius 1 is 1.41 bits per heavy atom. The van der Waals surface area contributed by atoms with Gasteiger partial charge in [-0.2, -0.15) is 0 Å². The van der Waals surface area contributed by atoms with E-state index in [0.29, 0.717) is 18.6 Å². The third-order valence-electron chi connectivity index (χ3n) is 3.06. The molecule has 4 nitrogen and oxygen atoms in total. The van der Waals surface area contributed by atoms with Gasteiger partial charge in [0.25, 0.3) is 0 Å². The Balaban J connectivity index is 2.46. The van der Waals surface area contributed by atoms with Gasteiger partial charge < -0.3 is 15.0 Å². The first-order valence-corrected chi connectivity index (χ1v) is 5.84. The fourth-order valence-electron chi connectivity index (χ4n) is 2.08. The van der Waals surface area contributed by atoms with E-state index < -0.39 is 0 Å². The molecule has 0 spiro atoms. The van der Waals surface area contributed by atoms with Crippen LogP contribution in [0.4, 0.5) is 5.69 Å². The number of benzene rings is 1. The van der Waals surface area contributed by atoms with Crippen molar-refractivity contribution in [3.63, 3.8) is 0 Å². The summed E-state index contributed by atoms with van der Waals surface area (Å²) < 4.78 is 7.46. The van der Waals surface area contributed by atoms with E-state index in [2.05, 4.69) is 23.4 Å². The van der Waals surface area contributed by atoms with Crippen molar-refractivity contribution in [2.75, 3.05) is 19.5 Å². The molecule has 0 aliphatic carbocycles. The molecule has 1 aromatic carbocycles. The molecule has 0 bridgehead atoms. The number of aromatic nitrogens is 2. The minimum Gasteiger partial charge on any atom is -0.399 e. The molecule has 0 aliphatic heterocycles. The molecule has 17 heavy (non-hydrogen) atoms. The number of imidazole rings is 1. The predicted molar refractivity (Wildman–Crippen MR) is 69.9 cm³/mol. The minimum absolute atomic E-state index is 0.300. The van der Waals surface area contributed by atoms with Crippen LogP contribution in [-0.4, -0.2) is 23.3 Å². The first-order valence-electron chi connectivity index (χ1n) is 5.84. The van der Waals surface area contributed by atoms with Crippen LogP contribution in [0.3, 0.4) is 0 Å². The lowest BCUT2D eigenvalue weighted by Crippen LogP contribution is -2.19. The fraction of sp³-hybridized carbons (Fsp3) is 0.462. The van der Waals surface area contributed by atoms with Gasteiger partial charge in [-0.25, -0.2) is 4.98 Å². The molecular formula is C13H19N3O. The Labute approximate surface area is 101 Å². The van der Waals surface area contributed by atoms with Gasteiger partial charge in [0, 0.05) is 12.8 Å². The number of hydrogen-bond acceptors (Lipinski definition) is 3. The molecule has 2 aromatic rings. The standard InChI is InChI=1S/C13H19N3O/c1-9(2)13(7-17-3)16-8-15-11-6-10(14)4-5-12(11)16/h4-6,8-9,13H,7,14H2,1-3H3. The third kappa shape index (κ3) is 2.26. The highest BCUT2D eigenvalue weighted by Gasteiger charge is 2.17. The molecule has 4 heteroatoms. The van der Waals surface area contributed by atoms with Gasteiger partial charge in [-0.1, -0.05) is 13.8 Å². The SMILES string of the molecule is COCC(C(C)C)n1cnc2cc(N)ccc21. The fourth-order valence-corrected chi connectivity index (χ4v) is 2.08. The summed E-state index contributed by atoms with van der Waals surface area (Å²) in [5, 5.41) is 0. The second kappa shape index (κ2) is 4.75. The van der Waals surface area contributed by atoms with Crippen LogP contribution in [-0.2, 0) is 4.74 Å². The van der Waals surface area contributed by atoms with Gasteiger partial charge in [0.1, 0.15) is 0 Å². The lowest BCUT2D eigenvalue weighted by molar-refractivity contribution is 0.135. The average Bonchev–Trinajstić information content (AvgIpc) is 2.68. The van der Waals surface area contributed by atoms with Gasteiger partial charge in [-0.3, -0.25) is 0 Å². The van der Waals surface area contributed by atoms with Gasteiger partial charge in [-0.15, -0.1) is 0 Å². The number of hydrogen-bond donors (Lipinski definition) is 1. The molecule has 1 atom stereocenters. The van der Waals surface area contributed by atoms with E-state index in [0.717, 1.165) is 16.7 Å². The van der Waals surface area contributed by atoms with E-state index in [1.165, 1.54) is 0 Å². The molecule has 1 heterocycles. The van der Waals surface area contributed by atoms with Crippen molar-refractivity contribution in [1.82, 2.24) is 9.55 Å². The number of anilines is 1. The van der Waals surface area contributed by atoms with E-state index in [1.807, 2.05) is 24.5 Å². The lowest BCUT2D eigenvalue weighted by atomic mass is 10.1. The van der Waals surface area contributed by atoms with Crippen LogP contribution in [0.15, 0.2) is 24.5 Å². The maximum Gasteiger partial charge on any atom is 0.0961 e. The van der Waals surface area contributed by atoms with Crippen LogP contribution in [0.5, 0.6) is 0 Å². The topological polar surface area (TPSA) is 53.1 Å². The van der Waals surface area contributed by atoms with Crippen LogP contribution < -0.4 is 5.73 Å². The zero-order valence-corrected chi connectivity index (χ0v) is 10.6. The van der Waals surface area contributed by atoms with Gasteiger partial charge in [0.15, 0.2) is 0 Å². The molecule has 1 aromatic heterocycles. The number of nitrogens with zero attached hydrogens (tertiary/aromatic N) is 2. The summed E-state index contributed by atoms with van der Waals surface area (Å²) in [6, 6.07) is 6.12. The molecule has 0 saturated heterocycles. The number of fused-ring (bicyclic) bond motifs is 1. The monoisotopic (exact) mass is 233 g/mol. The zero-order valence-electron chi connectivity index (χ0n) is 10.6. The molecule has 0 fully saturated rings. The van der Waals surface area contributed by atoms with Gasteiger partial charge >= 0.3 is 0 Å². The third-order valence-corrected chi connectivity index (χ3v) is 3.06. The number of ether oxygens (including phenoxy) is 1. The summed E-state index contributed by atoms with van der Waals surface area (Å²) in [6.07, 6.45) is 1.87. The second-order valence-electron chi connectivity index (χ2n) is 4.67. The highest BCUT2D eigenvalue weighted by Crippen LogP contribution is 2.24. The van der Waals surface area contributed by atoms with Crippen molar-refractivity contribution < 1.29 is 4.74 Å². The molecule has 2 rings (SSSR count). The highest BCUT2D eigenvalue weighted by atomic mass is 16.5. The van der Waals surface area contributed by atoms with E-state index in [4.69, 9.17) is 10.5 Å². The van der Waals surface area contributed by atoms with Gasteiger partial charge in [0.05, 0.1) is 30.0 Å². The number of methoxy groups -OCH3 is 1. The smallest absolute Gasteiger partial charge is 0.0961 e. The Morgan fingerprint density at radius 2 is 2.18 bits per heavy atom. The van der Waals surface area contributed by atoms with Gasteiger partial charge in [0.2, 0.25) is 0 Å². The summed E-state index contributed by atoms with van der Waals surface area (Å²) in [5.41, 5.74) is 8.54. The van der Waals surface area contributed by atoms with Crippen molar-refractivity contribution in [3.8, 4) is 0 Å². The maximum absolute atomic E-state index is 5.75. The molecule has 0 saturated carbocycles. The number of rotatable bonds is 4. The first kappa shape index (κ1) is 11.9. The Morgan fingerprint density at radius 3 is 2.82 bits per heavy atom. The summed E-state index contributed by atoms with van der Waals surface area (Å²) >= 11 is 0. The van der Waals surface area contributed by atoms with Crippen molar-refractivity contribution in [2.24, 2.45) is 5.92 Å². The molecule has 0 amide bonds. The van der Waals surface area contributed by atoms with Crippen molar-refractivity contribution >= 4 is 16.7 Å². The van der Waals surface area contributed by atoms with Crippen LogP contribution in [0.2, 0.25) is 0 Å². The van der Waals surface area contributed by atoms with E-state index in [-0.39, 0.29) is 0 Å². The summed E-state index contributed by atoms with van der Waals surface area (Å²) in [4.78, 5) is 4.39. The predicted octanol–water partition coefficient (Wildman–Crippen LogP) is 2.46. The molecule has 1 unspecified atom stereocenters. The van der Waals surface area contributed by atoms with E-state index in [1.54, 1.807) is 7.11 Å². The van der Waals surface area contributed by atoms with E-state index >= 15 is 0 Å². The van der Waals surface area contributed by atoms with Crippen molar-refractivity contribution in [3.05, 3.63) is 24.5 Å². The van der Waals surface area contributed by atoms with Crippen LogP contribution in [0, 0.1) is 5.92 Å². The average molecular weight is 233 g/mol. The Bertz CT molecular complexity index is 504. The van der Waals surface area contributed by atoms with Gasteiger partial charge in [-0.05, 0) is 24.1 Å². The molecule has 0 radical (unpaired) electrons. The Hall–Kier alpha value is -1.55. The number of nitrogens with two attached hydrogens (primary N) is 1. The molecular weight excluding hydrogens is 214 g/mol. The summed E-state index contributed by atoms with van der Waals surface area (Å²) in [6.45, 7) is 5.06. The zero-order chi connectivity index (χ0) is 12.4. The minimum atomic E-state index is 0.300. The highest BCUT2D eigenvalue weighted by molar-refractivity contribution is 5.79. The quantitative estimate of drug-likeness (QED) is 0.825. The van der Waals surface area contributed by atoms with Crippen molar-refractivity contribution in [2.45, 2.75) is 19.9 Å².